The minimum atomic E-state index is -0.900. The Hall–Kier alpha value is -4.67. The van der Waals surface area contributed by atoms with Crippen LogP contribution in [0.2, 0.25) is 0 Å². The summed E-state index contributed by atoms with van der Waals surface area (Å²) in [4.78, 5) is 64.1. The molecule has 2 heterocycles. The molecule has 0 aliphatic rings. The highest BCUT2D eigenvalue weighted by molar-refractivity contribution is 6.03. The lowest BCUT2D eigenvalue weighted by molar-refractivity contribution is -0.129. The van der Waals surface area contributed by atoms with Crippen LogP contribution in [0.1, 0.15) is 12.5 Å². The van der Waals surface area contributed by atoms with Crippen molar-refractivity contribution in [1.29, 1.82) is 0 Å². The highest BCUT2D eigenvalue weighted by atomic mass is 16.2. The first kappa shape index (κ1) is 22.5. The van der Waals surface area contributed by atoms with Gasteiger partial charge in [0.1, 0.15) is 6.04 Å². The number of nitrogens with one attached hydrogen (secondary N) is 6. The quantitative estimate of drug-likeness (QED) is 0.235. The maximum atomic E-state index is 12.8. The van der Waals surface area contributed by atoms with E-state index in [1.165, 1.54) is 25.1 Å². The van der Waals surface area contributed by atoms with Crippen LogP contribution < -0.4 is 27.1 Å². The number of para-hydroxylation sites is 1. The Bertz CT molecular complexity index is 1520. The summed E-state index contributed by atoms with van der Waals surface area (Å²) in [6, 6.07) is 11.2. The van der Waals surface area contributed by atoms with Gasteiger partial charge in [0, 0.05) is 30.4 Å². The Labute approximate surface area is 191 Å². The summed E-state index contributed by atoms with van der Waals surface area (Å²) in [6.45, 7) is 0.905. The molecule has 0 aliphatic heterocycles. The Kier molecular flexibility index (Phi) is 6.26. The summed E-state index contributed by atoms with van der Waals surface area (Å²) in [6.07, 6.45) is 2.00. The number of aromatic nitrogens is 3. The molecular weight excluding hydrogens is 440 g/mol. The second-order valence-corrected chi connectivity index (χ2v) is 7.72. The number of anilines is 1. The number of amides is 3. The van der Waals surface area contributed by atoms with Crippen LogP contribution in [0.5, 0.6) is 0 Å². The van der Waals surface area contributed by atoms with Gasteiger partial charge in [-0.25, -0.2) is 0 Å². The second-order valence-electron chi connectivity index (χ2n) is 7.72. The van der Waals surface area contributed by atoms with Crippen LogP contribution in [-0.2, 0) is 20.8 Å². The molecule has 11 heteroatoms. The van der Waals surface area contributed by atoms with Crippen LogP contribution in [-0.4, -0.2) is 45.5 Å². The van der Waals surface area contributed by atoms with E-state index in [1.807, 2.05) is 24.3 Å². The molecule has 3 amide bonds. The molecule has 34 heavy (non-hydrogen) atoms. The van der Waals surface area contributed by atoms with Crippen LogP contribution in [0, 0.1) is 0 Å². The van der Waals surface area contributed by atoms with Crippen molar-refractivity contribution in [2.75, 3.05) is 11.9 Å². The van der Waals surface area contributed by atoms with E-state index in [0.717, 1.165) is 16.5 Å². The number of H-pyrrole nitrogens is 3. The van der Waals surface area contributed by atoms with Gasteiger partial charge in [-0.1, -0.05) is 24.3 Å². The first-order valence-electron chi connectivity index (χ1n) is 10.5. The number of benzene rings is 2. The van der Waals surface area contributed by atoms with E-state index in [9.17, 15) is 24.0 Å². The normalized spacial score (nSPS) is 11.8. The fourth-order valence-corrected chi connectivity index (χ4v) is 3.79. The standard InChI is InChI=1S/C23H22N6O5/c1-12(30)26-18(9-13-10-24-16-7-3-2-5-14(13)16)22(33)25-11-19(31)27-17-8-4-6-15-20(17)23(34)29-28-21(15)32/h2-8,10,18,24H,9,11H2,1H3,(H,25,33)(H,26,30)(H,27,31)(H,28,32)(H,29,34). The third-order valence-electron chi connectivity index (χ3n) is 5.32. The third-order valence-corrected chi connectivity index (χ3v) is 5.32. The average Bonchev–Trinajstić information content (AvgIpc) is 3.22. The molecule has 6 N–H and O–H groups in total. The van der Waals surface area contributed by atoms with E-state index in [4.69, 9.17) is 0 Å². The molecule has 0 spiro atoms. The molecule has 0 fully saturated rings. The molecular formula is C23H22N6O5. The predicted molar refractivity (Wildman–Crippen MR) is 126 cm³/mol. The number of hydrogen-bond donors (Lipinski definition) is 6. The van der Waals surface area contributed by atoms with Crippen molar-refractivity contribution in [1.82, 2.24) is 25.8 Å². The van der Waals surface area contributed by atoms with Gasteiger partial charge < -0.3 is 20.9 Å². The van der Waals surface area contributed by atoms with Gasteiger partial charge in [-0.3, -0.25) is 34.2 Å². The Morgan fingerprint density at radius 3 is 2.47 bits per heavy atom. The van der Waals surface area contributed by atoms with Gasteiger partial charge in [0.15, 0.2) is 0 Å². The van der Waals surface area contributed by atoms with Crippen molar-refractivity contribution >= 4 is 45.1 Å². The molecule has 0 saturated heterocycles. The SMILES string of the molecule is CC(=O)NC(Cc1c[nH]c2ccccc12)C(=O)NCC(=O)Nc1cccc2c(=O)[nH][nH]c(=O)c12. The second kappa shape index (κ2) is 9.45. The van der Waals surface area contributed by atoms with Crippen LogP contribution in [0.3, 0.4) is 0 Å². The third kappa shape index (κ3) is 4.72. The predicted octanol–water partition coefficient (Wildman–Crippen LogP) is 0.500. The summed E-state index contributed by atoms with van der Waals surface area (Å²) < 4.78 is 0. The number of carbonyl (C=O) groups is 3. The molecule has 1 atom stereocenters. The van der Waals surface area contributed by atoms with E-state index >= 15 is 0 Å². The van der Waals surface area contributed by atoms with Crippen LogP contribution >= 0.6 is 0 Å². The molecule has 2 aromatic carbocycles. The monoisotopic (exact) mass is 462 g/mol. The summed E-state index contributed by atoms with van der Waals surface area (Å²) >= 11 is 0. The molecule has 0 radical (unpaired) electrons. The maximum Gasteiger partial charge on any atom is 0.272 e. The molecule has 1 unspecified atom stereocenters. The van der Waals surface area contributed by atoms with E-state index < -0.39 is 35.5 Å². The smallest absolute Gasteiger partial charge is 0.272 e. The van der Waals surface area contributed by atoms with Crippen molar-refractivity contribution in [2.24, 2.45) is 0 Å². The lowest BCUT2D eigenvalue weighted by Gasteiger charge is -2.17. The number of carbonyl (C=O) groups excluding carboxylic acids is 3. The number of aromatic amines is 3. The lowest BCUT2D eigenvalue weighted by Crippen LogP contribution is -2.49. The molecule has 0 bridgehead atoms. The highest BCUT2D eigenvalue weighted by Crippen LogP contribution is 2.19. The molecule has 0 aliphatic carbocycles. The van der Waals surface area contributed by atoms with Crippen LogP contribution in [0.15, 0.2) is 58.3 Å². The van der Waals surface area contributed by atoms with Gasteiger partial charge >= 0.3 is 0 Å². The van der Waals surface area contributed by atoms with Crippen molar-refractivity contribution in [2.45, 2.75) is 19.4 Å². The van der Waals surface area contributed by atoms with Gasteiger partial charge in [-0.15, -0.1) is 0 Å². The van der Waals surface area contributed by atoms with E-state index in [1.54, 1.807) is 6.20 Å². The highest BCUT2D eigenvalue weighted by Gasteiger charge is 2.22. The number of rotatable bonds is 7. The van der Waals surface area contributed by atoms with E-state index in [2.05, 4.69) is 31.1 Å². The zero-order valence-electron chi connectivity index (χ0n) is 18.2. The zero-order chi connectivity index (χ0) is 24.2. The number of fused-ring (bicyclic) bond motifs is 2. The van der Waals surface area contributed by atoms with Gasteiger partial charge in [-0.2, -0.15) is 0 Å². The summed E-state index contributed by atoms with van der Waals surface area (Å²) in [5.41, 5.74) is 0.812. The summed E-state index contributed by atoms with van der Waals surface area (Å²) in [7, 11) is 0. The van der Waals surface area contributed by atoms with Crippen molar-refractivity contribution < 1.29 is 14.4 Å². The number of hydrogen-bond acceptors (Lipinski definition) is 5. The maximum absolute atomic E-state index is 12.8. The fraction of sp³-hybridized carbons (Fsp3) is 0.174. The zero-order valence-corrected chi connectivity index (χ0v) is 18.2. The van der Waals surface area contributed by atoms with Crippen molar-refractivity contribution in [3.05, 3.63) is 74.9 Å². The molecule has 174 valence electrons. The van der Waals surface area contributed by atoms with Crippen LogP contribution in [0.4, 0.5) is 5.69 Å². The van der Waals surface area contributed by atoms with Gasteiger partial charge in [-0.05, 0) is 23.8 Å². The first-order chi connectivity index (χ1) is 16.3. The van der Waals surface area contributed by atoms with Gasteiger partial charge in [0.05, 0.1) is 23.0 Å². The largest absolute Gasteiger partial charge is 0.361 e. The average molecular weight is 462 g/mol. The van der Waals surface area contributed by atoms with E-state index in [-0.39, 0.29) is 28.8 Å². The van der Waals surface area contributed by atoms with Crippen molar-refractivity contribution in [3.8, 4) is 0 Å². The minimum Gasteiger partial charge on any atom is -0.361 e. The van der Waals surface area contributed by atoms with Gasteiger partial charge in [0.2, 0.25) is 17.7 Å². The summed E-state index contributed by atoms with van der Waals surface area (Å²) in [5, 5.41) is 13.2. The molecule has 0 saturated carbocycles. The van der Waals surface area contributed by atoms with E-state index in [0.29, 0.717) is 0 Å². The Morgan fingerprint density at radius 1 is 0.941 bits per heavy atom. The van der Waals surface area contributed by atoms with Crippen molar-refractivity contribution in [3.63, 3.8) is 0 Å². The summed E-state index contributed by atoms with van der Waals surface area (Å²) in [5.74, 6) is -1.53. The topological polar surface area (TPSA) is 169 Å². The Morgan fingerprint density at radius 2 is 1.68 bits per heavy atom. The lowest BCUT2D eigenvalue weighted by atomic mass is 10.0. The molecule has 4 aromatic rings. The molecule has 2 aromatic heterocycles. The van der Waals surface area contributed by atoms with Crippen LogP contribution in [0.25, 0.3) is 21.7 Å². The minimum absolute atomic E-state index is 0.0291. The van der Waals surface area contributed by atoms with Gasteiger partial charge in [0.25, 0.3) is 11.1 Å². The fourth-order valence-electron chi connectivity index (χ4n) is 3.79. The molecule has 4 rings (SSSR count). The Balaban J connectivity index is 1.46. The molecule has 11 nitrogen and oxygen atoms in total. The first-order valence-corrected chi connectivity index (χ1v) is 10.5.